The lowest BCUT2D eigenvalue weighted by Gasteiger charge is -2.47. The molecule has 0 radical (unpaired) electrons. The van der Waals surface area contributed by atoms with Crippen LogP contribution in [0.15, 0.2) is 60.7 Å². The fourth-order valence-corrected chi connectivity index (χ4v) is 8.40. The van der Waals surface area contributed by atoms with Crippen molar-refractivity contribution in [3.63, 3.8) is 0 Å². The van der Waals surface area contributed by atoms with Gasteiger partial charge in [-0.15, -0.1) is 0 Å². The zero-order chi connectivity index (χ0) is 42.1. The number of aliphatic hydroxyl groups is 1. The predicted molar refractivity (Wildman–Crippen MR) is 221 cm³/mol. The number of likely N-dealkylation sites (tertiary alicyclic amines) is 1. The van der Waals surface area contributed by atoms with Crippen LogP contribution in [-0.2, 0) is 42.0 Å². The van der Waals surface area contributed by atoms with Gasteiger partial charge in [0.25, 0.3) is 0 Å². The van der Waals surface area contributed by atoms with E-state index in [1.54, 1.807) is 26.0 Å². The Morgan fingerprint density at radius 1 is 0.895 bits per heavy atom. The van der Waals surface area contributed by atoms with Crippen molar-refractivity contribution >= 4 is 33.7 Å². The molecule has 57 heavy (non-hydrogen) atoms. The number of nitrogens with zero attached hydrogens (tertiary/aromatic N) is 2. The Bertz CT molecular complexity index is 1770. The molecule has 2 aromatic rings. The molecule has 0 bridgehead atoms. The molecular formula is C43H65N5O8S. The number of benzene rings is 2. The highest BCUT2D eigenvalue weighted by molar-refractivity contribution is 7.92. The van der Waals surface area contributed by atoms with E-state index in [0.717, 1.165) is 43.1 Å². The summed E-state index contributed by atoms with van der Waals surface area (Å²) in [5, 5.41) is 20.7. The van der Waals surface area contributed by atoms with Crippen LogP contribution in [-0.4, -0.2) is 114 Å². The van der Waals surface area contributed by atoms with E-state index in [2.05, 4.69) is 16.0 Å². The lowest BCUT2D eigenvalue weighted by molar-refractivity contribution is -0.133. The van der Waals surface area contributed by atoms with Crippen LogP contribution in [0.25, 0.3) is 0 Å². The molecule has 0 aromatic heterocycles. The van der Waals surface area contributed by atoms with E-state index < -0.39 is 74.8 Å². The molecule has 3 unspecified atom stereocenters. The Morgan fingerprint density at radius 3 is 2.04 bits per heavy atom. The monoisotopic (exact) mass is 811 g/mol. The molecule has 13 nitrogen and oxygen atoms in total. The summed E-state index contributed by atoms with van der Waals surface area (Å²) >= 11 is 0. The van der Waals surface area contributed by atoms with Crippen molar-refractivity contribution in [2.24, 2.45) is 11.8 Å². The van der Waals surface area contributed by atoms with E-state index in [1.165, 1.54) is 18.7 Å². The first-order chi connectivity index (χ1) is 26.7. The average Bonchev–Trinajstić information content (AvgIpc) is 3.13. The Kier molecular flexibility index (Phi) is 15.7. The molecule has 4 rings (SSSR count). The van der Waals surface area contributed by atoms with Gasteiger partial charge in [-0.1, -0.05) is 79.9 Å². The number of β-amino-alcohol motifs (C(OH)–C–C–N with tert-alkyl or cyclic N) is 1. The molecule has 0 spiro atoms. The standard InChI is InChI=1S/C43H65N5O8S/c1-29(2)48(41(53)56-28-31-19-13-10-14-20-31)27-37(50)45-38(43(6,7)57(8,54)55)40(52)44-34(23-30-17-11-9-12-18-30)36(49)26-47-25-33-22-16-15-21-32(33)24-35(47)39(51)46-42(3,4)5/h9-14,17-20,29,32-36,38,49H,15-16,21-28H2,1-8H3,(H,44,52)(H,45,50)(H,46,51)/t32-,33+,34?,35?,36?,38+/m0/s1. The van der Waals surface area contributed by atoms with Crippen LogP contribution in [0.1, 0.15) is 91.7 Å². The van der Waals surface area contributed by atoms with Gasteiger partial charge in [-0.2, -0.15) is 0 Å². The normalized spacial score (nSPS) is 20.7. The number of fused-ring (bicyclic) bond motifs is 1. The second kappa shape index (κ2) is 19.6. The highest BCUT2D eigenvalue weighted by Crippen LogP contribution is 2.39. The first-order valence-corrected chi connectivity index (χ1v) is 22.1. The molecule has 1 saturated carbocycles. The van der Waals surface area contributed by atoms with Crippen molar-refractivity contribution in [2.45, 2.75) is 134 Å². The fourth-order valence-electron chi connectivity index (χ4n) is 7.80. The highest BCUT2D eigenvalue weighted by atomic mass is 32.2. The second-order valence-corrected chi connectivity index (χ2v) is 20.4. The molecule has 1 saturated heterocycles. The van der Waals surface area contributed by atoms with Crippen LogP contribution >= 0.6 is 0 Å². The Morgan fingerprint density at radius 2 is 1.47 bits per heavy atom. The van der Waals surface area contributed by atoms with E-state index in [0.29, 0.717) is 24.8 Å². The van der Waals surface area contributed by atoms with Crippen LogP contribution in [0.3, 0.4) is 0 Å². The van der Waals surface area contributed by atoms with E-state index in [-0.39, 0.29) is 25.5 Å². The number of rotatable bonds is 16. The summed E-state index contributed by atoms with van der Waals surface area (Å²) in [4.78, 5) is 58.2. The van der Waals surface area contributed by atoms with Gasteiger partial charge >= 0.3 is 6.09 Å². The number of hydrogen-bond donors (Lipinski definition) is 4. The van der Waals surface area contributed by atoms with Crippen LogP contribution in [0.4, 0.5) is 4.79 Å². The van der Waals surface area contributed by atoms with Gasteiger partial charge in [0.2, 0.25) is 17.7 Å². The summed E-state index contributed by atoms with van der Waals surface area (Å²) in [6.45, 7) is 12.2. The minimum Gasteiger partial charge on any atom is -0.445 e. The third-order valence-corrected chi connectivity index (χ3v) is 13.6. The van der Waals surface area contributed by atoms with Crippen LogP contribution in [0.5, 0.6) is 0 Å². The maximum absolute atomic E-state index is 14.4. The Balaban J connectivity index is 1.58. The van der Waals surface area contributed by atoms with Gasteiger partial charge in [-0.25, -0.2) is 13.2 Å². The SMILES string of the molecule is CC(C)N(CC(=O)N[C@H](C(=O)NC(Cc1ccccc1)C(O)CN1C[C@H]2CCCC[C@H]2CC1C(=O)NC(C)(C)C)C(C)(C)S(C)(=O)=O)C(=O)OCc1ccccc1. The molecule has 2 fully saturated rings. The van der Waals surface area contributed by atoms with E-state index in [4.69, 9.17) is 4.74 Å². The van der Waals surface area contributed by atoms with Crippen LogP contribution < -0.4 is 16.0 Å². The van der Waals surface area contributed by atoms with Gasteiger partial charge in [0.1, 0.15) is 19.2 Å². The van der Waals surface area contributed by atoms with Crippen molar-refractivity contribution in [3.05, 3.63) is 71.8 Å². The molecule has 6 atom stereocenters. The van der Waals surface area contributed by atoms with Gasteiger partial charge in [0.15, 0.2) is 9.84 Å². The minimum atomic E-state index is -3.97. The van der Waals surface area contributed by atoms with Crippen molar-refractivity contribution in [1.29, 1.82) is 0 Å². The third kappa shape index (κ3) is 13.0. The number of sulfone groups is 1. The molecule has 2 aromatic carbocycles. The summed E-state index contributed by atoms with van der Waals surface area (Å²) in [6, 6.07) is 14.9. The Hall–Kier alpha value is -4.01. The molecule has 4 N–H and O–H groups in total. The number of carbonyl (C=O) groups excluding carboxylic acids is 4. The van der Waals surface area contributed by atoms with Gasteiger partial charge < -0.3 is 25.8 Å². The summed E-state index contributed by atoms with van der Waals surface area (Å²) in [6.07, 6.45) is 4.33. The van der Waals surface area contributed by atoms with Gasteiger partial charge in [0.05, 0.1) is 22.9 Å². The van der Waals surface area contributed by atoms with Crippen molar-refractivity contribution in [2.75, 3.05) is 25.9 Å². The number of hydrogen-bond acceptors (Lipinski definition) is 9. The molecule has 1 aliphatic carbocycles. The second-order valence-electron chi connectivity index (χ2n) is 17.8. The van der Waals surface area contributed by atoms with Crippen molar-refractivity contribution < 1.29 is 37.4 Å². The predicted octanol–water partition coefficient (Wildman–Crippen LogP) is 4.23. The summed E-state index contributed by atoms with van der Waals surface area (Å²) < 4.78 is 30.1. The third-order valence-electron chi connectivity index (χ3n) is 11.4. The smallest absolute Gasteiger partial charge is 0.410 e. The van der Waals surface area contributed by atoms with E-state index in [9.17, 15) is 32.7 Å². The first kappa shape index (κ1) is 45.7. The molecule has 4 amide bonds. The van der Waals surface area contributed by atoms with Crippen molar-refractivity contribution in [3.8, 4) is 0 Å². The van der Waals surface area contributed by atoms with E-state index in [1.807, 2.05) is 74.2 Å². The number of nitrogens with one attached hydrogen (secondary N) is 3. The summed E-state index contributed by atoms with van der Waals surface area (Å²) in [5.41, 5.74) is 1.13. The highest BCUT2D eigenvalue weighted by Gasteiger charge is 2.46. The van der Waals surface area contributed by atoms with Gasteiger partial charge in [-0.05, 0) is 90.7 Å². The Labute approximate surface area is 339 Å². The van der Waals surface area contributed by atoms with E-state index >= 15 is 0 Å². The topological polar surface area (TPSA) is 174 Å². The number of aliphatic hydroxyl groups excluding tert-OH is 1. The van der Waals surface area contributed by atoms with Crippen LogP contribution in [0, 0.1) is 11.8 Å². The fraction of sp³-hybridized carbons (Fsp3) is 0.628. The first-order valence-electron chi connectivity index (χ1n) is 20.2. The minimum absolute atomic E-state index is 0.0115. The maximum atomic E-state index is 14.4. The van der Waals surface area contributed by atoms with Gasteiger partial charge in [0, 0.05) is 30.9 Å². The largest absolute Gasteiger partial charge is 0.445 e. The molecular weight excluding hydrogens is 747 g/mol. The molecule has 2 aliphatic rings. The van der Waals surface area contributed by atoms with Crippen molar-refractivity contribution in [1.82, 2.24) is 25.8 Å². The lowest BCUT2D eigenvalue weighted by Crippen LogP contribution is -2.64. The number of carbonyl (C=O) groups is 4. The zero-order valence-corrected chi connectivity index (χ0v) is 35.8. The number of amides is 4. The lowest BCUT2D eigenvalue weighted by atomic mass is 9.72. The summed E-state index contributed by atoms with van der Waals surface area (Å²) in [5.74, 6) is -0.861. The van der Waals surface area contributed by atoms with Crippen LogP contribution in [0.2, 0.25) is 0 Å². The quantitative estimate of drug-likeness (QED) is 0.194. The summed E-state index contributed by atoms with van der Waals surface area (Å²) in [7, 11) is -3.97. The zero-order valence-electron chi connectivity index (χ0n) is 35.0. The molecule has 316 valence electrons. The molecule has 1 heterocycles. The average molecular weight is 812 g/mol. The molecule has 1 aliphatic heterocycles. The van der Waals surface area contributed by atoms with Gasteiger partial charge in [-0.3, -0.25) is 24.2 Å². The number of piperidine rings is 1. The number of ether oxygens (including phenoxy) is 1. The molecule has 14 heteroatoms. The maximum Gasteiger partial charge on any atom is 0.410 e.